The van der Waals surface area contributed by atoms with Crippen LogP contribution in [-0.2, 0) is 0 Å². The zero-order chi connectivity index (χ0) is 13.2. The van der Waals surface area contributed by atoms with Crippen molar-refractivity contribution in [3.8, 4) is 0 Å². The third-order valence-electron chi connectivity index (χ3n) is 2.17. The van der Waals surface area contributed by atoms with Crippen molar-refractivity contribution in [3.05, 3.63) is 32.8 Å². The molecule has 0 bridgehead atoms. The van der Waals surface area contributed by atoms with Crippen molar-refractivity contribution in [2.75, 3.05) is 19.4 Å². The van der Waals surface area contributed by atoms with Crippen LogP contribution < -0.4 is 5.32 Å². The van der Waals surface area contributed by atoms with E-state index in [2.05, 4.69) is 5.32 Å². The number of nitrogens with one attached hydrogen (secondary N) is 1. The summed E-state index contributed by atoms with van der Waals surface area (Å²) in [5.41, 5.74) is 0.553. The van der Waals surface area contributed by atoms with E-state index in [4.69, 9.17) is 11.6 Å². The minimum Gasteiger partial charge on any atom is -0.331 e. The SMILES string of the molecule is Cc1c(Cl)cc(NC(=O)N(C)C)cc1[N+](=O)[O-]. The summed E-state index contributed by atoms with van der Waals surface area (Å²) < 4.78 is 0. The average molecular weight is 258 g/mol. The van der Waals surface area contributed by atoms with Gasteiger partial charge in [-0.2, -0.15) is 0 Å². The zero-order valence-electron chi connectivity index (χ0n) is 9.65. The predicted molar refractivity (Wildman–Crippen MR) is 65.5 cm³/mol. The number of nitrogens with zero attached hydrogens (tertiary/aromatic N) is 2. The second-order valence-corrected chi connectivity index (χ2v) is 4.09. The van der Waals surface area contributed by atoms with Crippen molar-refractivity contribution in [2.45, 2.75) is 6.92 Å². The maximum absolute atomic E-state index is 11.4. The zero-order valence-corrected chi connectivity index (χ0v) is 10.4. The highest BCUT2D eigenvalue weighted by Crippen LogP contribution is 2.29. The number of nitro benzene ring substituents is 1. The summed E-state index contributed by atoms with van der Waals surface area (Å²) in [5.74, 6) is 0. The Kier molecular flexibility index (Phi) is 3.90. The van der Waals surface area contributed by atoms with Crippen LogP contribution in [0.25, 0.3) is 0 Å². The van der Waals surface area contributed by atoms with Gasteiger partial charge in [0.05, 0.1) is 15.6 Å². The second kappa shape index (κ2) is 5.01. The molecule has 0 fully saturated rings. The molecule has 0 spiro atoms. The summed E-state index contributed by atoms with van der Waals surface area (Å²) in [6, 6.07) is 2.38. The lowest BCUT2D eigenvalue weighted by molar-refractivity contribution is -0.385. The molecule has 0 radical (unpaired) electrons. The molecular formula is C10H12ClN3O3. The highest BCUT2D eigenvalue weighted by atomic mass is 35.5. The van der Waals surface area contributed by atoms with E-state index in [-0.39, 0.29) is 16.7 Å². The summed E-state index contributed by atoms with van der Waals surface area (Å²) in [5, 5.41) is 13.5. The first-order chi connectivity index (χ1) is 7.82. The van der Waals surface area contributed by atoms with Crippen LogP contribution in [0.5, 0.6) is 0 Å². The molecule has 1 aromatic carbocycles. The lowest BCUT2D eigenvalue weighted by Crippen LogP contribution is -2.27. The number of nitro groups is 1. The first kappa shape index (κ1) is 13.2. The number of benzene rings is 1. The average Bonchev–Trinajstić information content (AvgIpc) is 2.22. The van der Waals surface area contributed by atoms with E-state index in [1.807, 2.05) is 0 Å². The summed E-state index contributed by atoms with van der Waals surface area (Å²) in [6.07, 6.45) is 0. The number of carbonyl (C=O) groups is 1. The van der Waals surface area contributed by atoms with E-state index in [1.54, 1.807) is 21.0 Å². The lowest BCUT2D eigenvalue weighted by atomic mass is 10.2. The van der Waals surface area contributed by atoms with E-state index in [1.165, 1.54) is 17.0 Å². The van der Waals surface area contributed by atoms with Gasteiger partial charge in [-0.15, -0.1) is 0 Å². The summed E-state index contributed by atoms with van der Waals surface area (Å²) in [6.45, 7) is 1.55. The minimum absolute atomic E-state index is 0.119. The van der Waals surface area contributed by atoms with Gasteiger partial charge in [0, 0.05) is 25.7 Å². The van der Waals surface area contributed by atoms with Crippen LogP contribution in [0, 0.1) is 17.0 Å². The molecule has 1 N–H and O–H groups in total. The molecule has 1 aromatic rings. The molecule has 6 nitrogen and oxygen atoms in total. The number of hydrogen-bond acceptors (Lipinski definition) is 3. The molecule has 0 aromatic heterocycles. The fourth-order valence-corrected chi connectivity index (χ4v) is 1.38. The van der Waals surface area contributed by atoms with Crippen molar-refractivity contribution in [1.82, 2.24) is 4.90 Å². The molecule has 0 saturated heterocycles. The van der Waals surface area contributed by atoms with Crippen LogP contribution in [0.4, 0.5) is 16.2 Å². The second-order valence-electron chi connectivity index (χ2n) is 3.68. The van der Waals surface area contributed by atoms with Crippen molar-refractivity contribution in [1.29, 1.82) is 0 Å². The van der Waals surface area contributed by atoms with Gasteiger partial charge in [-0.25, -0.2) is 4.79 Å². The number of amides is 2. The van der Waals surface area contributed by atoms with Crippen molar-refractivity contribution < 1.29 is 9.72 Å². The van der Waals surface area contributed by atoms with Crippen LogP contribution in [-0.4, -0.2) is 29.9 Å². The number of hydrogen-bond donors (Lipinski definition) is 1. The summed E-state index contributed by atoms with van der Waals surface area (Å²) in [4.78, 5) is 22.9. The van der Waals surface area contributed by atoms with Gasteiger partial charge in [-0.3, -0.25) is 10.1 Å². The van der Waals surface area contributed by atoms with Crippen LogP contribution >= 0.6 is 11.6 Å². The Balaban J connectivity index is 3.11. The smallest absolute Gasteiger partial charge is 0.321 e. The Hall–Kier alpha value is -1.82. The quantitative estimate of drug-likeness (QED) is 0.654. The number of rotatable bonds is 2. The van der Waals surface area contributed by atoms with Crippen LogP contribution in [0.15, 0.2) is 12.1 Å². The highest BCUT2D eigenvalue weighted by Gasteiger charge is 2.16. The van der Waals surface area contributed by atoms with Crippen molar-refractivity contribution in [2.24, 2.45) is 0 Å². The molecule has 17 heavy (non-hydrogen) atoms. The molecule has 0 unspecified atom stereocenters. The molecule has 0 aliphatic carbocycles. The lowest BCUT2D eigenvalue weighted by Gasteiger charge is -2.12. The van der Waals surface area contributed by atoms with Gasteiger partial charge in [-0.1, -0.05) is 11.6 Å². The van der Waals surface area contributed by atoms with Crippen LogP contribution in [0.1, 0.15) is 5.56 Å². The van der Waals surface area contributed by atoms with Gasteiger partial charge in [0.1, 0.15) is 0 Å². The van der Waals surface area contributed by atoms with Gasteiger partial charge < -0.3 is 10.2 Å². The molecular weight excluding hydrogens is 246 g/mol. The number of urea groups is 1. The molecule has 0 atom stereocenters. The molecule has 0 aliphatic heterocycles. The van der Waals surface area contributed by atoms with Gasteiger partial charge >= 0.3 is 6.03 Å². The van der Waals surface area contributed by atoms with Crippen LogP contribution in [0.3, 0.4) is 0 Å². The van der Waals surface area contributed by atoms with Gasteiger partial charge in [0.2, 0.25) is 0 Å². The van der Waals surface area contributed by atoms with E-state index < -0.39 is 4.92 Å². The molecule has 7 heteroatoms. The Bertz CT molecular complexity index is 474. The van der Waals surface area contributed by atoms with Gasteiger partial charge in [0.25, 0.3) is 5.69 Å². The standard InChI is InChI=1S/C10H12ClN3O3/c1-6-8(11)4-7(5-9(6)14(16)17)12-10(15)13(2)3/h4-5H,1-3H3,(H,12,15). The van der Waals surface area contributed by atoms with E-state index in [0.29, 0.717) is 11.3 Å². The third-order valence-corrected chi connectivity index (χ3v) is 2.56. The Morgan fingerprint density at radius 2 is 2.06 bits per heavy atom. The molecule has 0 heterocycles. The maximum Gasteiger partial charge on any atom is 0.321 e. The fraction of sp³-hybridized carbons (Fsp3) is 0.300. The number of carbonyl (C=O) groups excluding carboxylic acids is 1. The van der Waals surface area contributed by atoms with E-state index >= 15 is 0 Å². The summed E-state index contributed by atoms with van der Waals surface area (Å²) >= 11 is 5.86. The highest BCUT2D eigenvalue weighted by molar-refractivity contribution is 6.32. The molecule has 1 rings (SSSR count). The Morgan fingerprint density at radius 1 is 1.47 bits per heavy atom. The Morgan fingerprint density at radius 3 is 2.53 bits per heavy atom. The predicted octanol–water partition coefficient (Wildman–Crippen LogP) is 2.65. The number of halogens is 1. The molecule has 0 aliphatic rings. The number of anilines is 1. The topological polar surface area (TPSA) is 75.5 Å². The van der Waals surface area contributed by atoms with Crippen molar-refractivity contribution >= 4 is 29.0 Å². The first-order valence-corrected chi connectivity index (χ1v) is 5.13. The molecule has 0 saturated carbocycles. The van der Waals surface area contributed by atoms with Crippen LogP contribution in [0.2, 0.25) is 5.02 Å². The van der Waals surface area contributed by atoms with E-state index in [0.717, 1.165) is 0 Å². The largest absolute Gasteiger partial charge is 0.331 e. The van der Waals surface area contributed by atoms with Gasteiger partial charge in [-0.05, 0) is 13.0 Å². The fourth-order valence-electron chi connectivity index (χ4n) is 1.16. The molecule has 2 amide bonds. The molecule has 92 valence electrons. The maximum atomic E-state index is 11.4. The normalized spacial score (nSPS) is 9.88. The minimum atomic E-state index is -0.535. The summed E-state index contributed by atoms with van der Waals surface area (Å²) in [7, 11) is 3.14. The van der Waals surface area contributed by atoms with Gasteiger partial charge in [0.15, 0.2) is 0 Å². The first-order valence-electron chi connectivity index (χ1n) is 4.75. The monoisotopic (exact) mass is 257 g/mol. The van der Waals surface area contributed by atoms with Crippen molar-refractivity contribution in [3.63, 3.8) is 0 Å². The third kappa shape index (κ3) is 3.07. The van der Waals surface area contributed by atoms with E-state index in [9.17, 15) is 14.9 Å². The Labute approximate surface area is 103 Å².